The van der Waals surface area contributed by atoms with E-state index in [0.29, 0.717) is 24.0 Å². The Balaban J connectivity index is 0. The fraction of sp³-hybridized carbons (Fsp3) is 0.900. The summed E-state index contributed by atoms with van der Waals surface area (Å²) in [5.74, 6) is 0. The second-order valence-corrected chi connectivity index (χ2v) is 16.6. The molecule has 0 fully saturated rings. The number of unbranched alkanes of at least 4 members (excludes halogenated alkanes) is 24. The zero-order chi connectivity index (χ0) is 33.2. The van der Waals surface area contributed by atoms with Crippen molar-refractivity contribution in [3.05, 3.63) is 24.3 Å². The molecule has 0 radical (unpaired) electrons. The van der Waals surface area contributed by atoms with E-state index in [1.807, 2.05) is 0 Å². The minimum Gasteiger partial charge on any atom is -1.00 e. The van der Waals surface area contributed by atoms with E-state index in [2.05, 4.69) is 59.3 Å². The summed E-state index contributed by atoms with van der Waals surface area (Å²) in [6, 6.07) is 0. The third kappa shape index (κ3) is 38.8. The highest BCUT2D eigenvalue weighted by molar-refractivity contribution is 7.53. The van der Waals surface area contributed by atoms with Gasteiger partial charge in [0, 0.05) is 0 Å². The predicted octanol–water partition coefficient (Wildman–Crippen LogP) is 11.0. The lowest BCUT2D eigenvalue weighted by molar-refractivity contribution is -0.859. The van der Waals surface area contributed by atoms with E-state index in [0.717, 1.165) is 25.7 Å². The van der Waals surface area contributed by atoms with Crippen molar-refractivity contribution in [3.8, 4) is 0 Å². The first kappa shape index (κ1) is 48.4. The molecule has 0 aromatic heterocycles. The van der Waals surface area contributed by atoms with Crippen molar-refractivity contribution >= 4 is 7.60 Å². The number of nitrogens with zero attached hydrogens (tertiary/aromatic N) is 1. The lowest BCUT2D eigenvalue weighted by atomic mass is 10.1. The molecule has 0 aliphatic carbocycles. The first-order valence-electron chi connectivity index (χ1n) is 19.8. The molecular weight excluding hydrogens is 700 g/mol. The molecule has 0 atom stereocenters. The topological polar surface area (TPSA) is 35.5 Å². The van der Waals surface area contributed by atoms with Crippen LogP contribution in [0.4, 0.5) is 0 Å². The molecule has 0 bridgehead atoms. The zero-order valence-corrected chi connectivity index (χ0v) is 34.8. The summed E-state index contributed by atoms with van der Waals surface area (Å²) in [7, 11) is 3.12. The van der Waals surface area contributed by atoms with Gasteiger partial charge >= 0.3 is 7.60 Å². The summed E-state index contributed by atoms with van der Waals surface area (Å²) in [4.78, 5) is 0. The van der Waals surface area contributed by atoms with Gasteiger partial charge in [0.1, 0.15) is 0 Å². The Bertz CT molecular complexity index is 659. The highest BCUT2D eigenvalue weighted by Gasteiger charge is 2.32. The zero-order valence-electron chi connectivity index (χ0n) is 31.7. The minimum atomic E-state index is -3.06. The van der Waals surface area contributed by atoms with Crippen LogP contribution < -0.4 is 24.0 Å². The van der Waals surface area contributed by atoms with Crippen LogP contribution in [0.1, 0.15) is 194 Å². The molecule has 0 amide bonds. The van der Waals surface area contributed by atoms with Crippen molar-refractivity contribution in [3.63, 3.8) is 0 Å². The van der Waals surface area contributed by atoms with Crippen molar-refractivity contribution in [2.75, 3.05) is 40.6 Å². The summed E-state index contributed by atoms with van der Waals surface area (Å²) < 4.78 is 26.0. The lowest BCUT2D eigenvalue weighted by Gasteiger charge is -2.28. The summed E-state index contributed by atoms with van der Waals surface area (Å²) in [5.41, 5.74) is 0. The van der Waals surface area contributed by atoms with Gasteiger partial charge in [-0.05, 0) is 64.2 Å². The maximum atomic E-state index is 13.5. The number of quaternary nitrogens is 1. The van der Waals surface area contributed by atoms with Crippen LogP contribution >= 0.6 is 7.60 Å². The number of hydrogen-bond acceptors (Lipinski definition) is 3. The number of halogens is 1. The van der Waals surface area contributed by atoms with E-state index in [4.69, 9.17) is 9.05 Å². The third-order valence-electron chi connectivity index (χ3n) is 8.49. The number of hydrogen-bond donors (Lipinski definition) is 0. The van der Waals surface area contributed by atoms with E-state index in [-0.39, 0.29) is 24.0 Å². The third-order valence-corrected chi connectivity index (χ3v) is 10.8. The van der Waals surface area contributed by atoms with Gasteiger partial charge in [-0.2, -0.15) is 0 Å². The van der Waals surface area contributed by atoms with Gasteiger partial charge in [0.2, 0.25) is 0 Å². The molecule has 0 unspecified atom stereocenters. The molecule has 6 heteroatoms. The summed E-state index contributed by atoms with van der Waals surface area (Å²) >= 11 is 0. The molecule has 0 aromatic carbocycles. The fourth-order valence-electron chi connectivity index (χ4n) is 5.74. The Morgan fingerprint density at radius 3 is 0.978 bits per heavy atom. The molecule has 0 heterocycles. The Hall–Kier alpha value is 0.320. The highest BCUT2D eigenvalue weighted by atomic mass is 127. The van der Waals surface area contributed by atoms with E-state index in [1.54, 1.807) is 0 Å². The Morgan fingerprint density at radius 2 is 0.696 bits per heavy atom. The normalized spacial score (nSPS) is 12.5. The molecule has 0 aliphatic heterocycles. The van der Waals surface area contributed by atoms with Crippen LogP contribution in [0.5, 0.6) is 0 Å². The van der Waals surface area contributed by atoms with E-state index in [1.165, 1.54) is 154 Å². The molecule has 0 saturated heterocycles. The minimum absolute atomic E-state index is 0. The lowest BCUT2D eigenvalue weighted by Crippen LogP contribution is -3.00. The van der Waals surface area contributed by atoms with Crippen molar-refractivity contribution in [1.82, 2.24) is 0 Å². The van der Waals surface area contributed by atoms with E-state index in [9.17, 15) is 4.57 Å². The number of rotatable bonds is 36. The molecule has 0 spiro atoms. The molecule has 0 saturated carbocycles. The van der Waals surface area contributed by atoms with Crippen LogP contribution in [0.25, 0.3) is 0 Å². The molecular formula is C40H81INO3P. The molecule has 0 aromatic rings. The van der Waals surface area contributed by atoms with Gasteiger partial charge in [0.15, 0.2) is 6.29 Å². The van der Waals surface area contributed by atoms with Crippen molar-refractivity contribution < 1.29 is 42.1 Å². The van der Waals surface area contributed by atoms with Gasteiger partial charge in [-0.3, -0.25) is 4.57 Å². The summed E-state index contributed by atoms with van der Waals surface area (Å²) in [6.07, 6.45) is 46.0. The van der Waals surface area contributed by atoms with Crippen LogP contribution in [0.2, 0.25) is 0 Å². The average molecular weight is 782 g/mol. The second-order valence-electron chi connectivity index (χ2n) is 14.6. The average Bonchev–Trinajstić information content (AvgIpc) is 2.99. The summed E-state index contributed by atoms with van der Waals surface area (Å²) in [6.45, 7) is 5.65. The smallest absolute Gasteiger partial charge is 0.384 e. The van der Waals surface area contributed by atoms with E-state index >= 15 is 0 Å². The fourth-order valence-corrected chi connectivity index (χ4v) is 7.84. The van der Waals surface area contributed by atoms with Crippen molar-refractivity contribution in [2.24, 2.45) is 0 Å². The van der Waals surface area contributed by atoms with Gasteiger partial charge in [-0.1, -0.05) is 154 Å². The SMILES string of the molecule is CCCCCCCC/C=C/CCCCCCCCOP(=O)(C[N+](C)(C)C)OCCCCCCCC/C=C/CCCCCCCC.[I-]. The Kier molecular flexibility index (Phi) is 38.5. The van der Waals surface area contributed by atoms with Gasteiger partial charge in [0.25, 0.3) is 0 Å². The predicted molar refractivity (Wildman–Crippen MR) is 201 cm³/mol. The second kappa shape index (κ2) is 36.6. The maximum absolute atomic E-state index is 13.5. The molecule has 0 aliphatic rings. The Labute approximate surface area is 306 Å². The van der Waals surface area contributed by atoms with Gasteiger partial charge in [-0.25, -0.2) is 0 Å². The van der Waals surface area contributed by atoms with Gasteiger partial charge in [0.05, 0.1) is 34.4 Å². The molecule has 0 N–H and O–H groups in total. The van der Waals surface area contributed by atoms with Gasteiger partial charge in [-0.15, -0.1) is 0 Å². The standard InChI is InChI=1S/C40H81NO3P.HI/c1-6-8-10-12-14-16-18-20-22-24-26-28-30-32-34-36-38-43-45(42,40-41(3,4)5)44-39-37-35-33-31-29-27-25-23-21-19-17-15-13-11-9-7-2;/h20-23H,6-19,24-40H2,1-5H3;1H/q+1;/p-1/b22-20+,23-21+;. The van der Waals surface area contributed by atoms with Gasteiger partial charge < -0.3 is 37.5 Å². The van der Waals surface area contributed by atoms with Crippen molar-refractivity contribution in [1.29, 1.82) is 0 Å². The first-order chi connectivity index (χ1) is 21.8. The first-order valence-corrected chi connectivity index (χ1v) is 21.5. The highest BCUT2D eigenvalue weighted by Crippen LogP contribution is 2.49. The largest absolute Gasteiger partial charge is 1.00 e. The molecule has 46 heavy (non-hydrogen) atoms. The van der Waals surface area contributed by atoms with Crippen molar-refractivity contribution in [2.45, 2.75) is 194 Å². The summed E-state index contributed by atoms with van der Waals surface area (Å²) in [5, 5.41) is 0. The molecule has 0 rings (SSSR count). The van der Waals surface area contributed by atoms with Crippen LogP contribution in [0.3, 0.4) is 0 Å². The Morgan fingerprint density at radius 1 is 0.435 bits per heavy atom. The monoisotopic (exact) mass is 781 g/mol. The van der Waals surface area contributed by atoms with Crippen LogP contribution in [0, 0.1) is 0 Å². The molecule has 4 nitrogen and oxygen atoms in total. The van der Waals surface area contributed by atoms with Crippen LogP contribution in [-0.4, -0.2) is 45.1 Å². The van der Waals surface area contributed by atoms with Crippen LogP contribution in [0.15, 0.2) is 24.3 Å². The molecule has 276 valence electrons. The van der Waals surface area contributed by atoms with Crippen LogP contribution in [-0.2, 0) is 13.6 Å². The van der Waals surface area contributed by atoms with E-state index < -0.39 is 7.60 Å². The maximum Gasteiger partial charge on any atom is 0.384 e. The quantitative estimate of drug-likeness (QED) is 0.0209. The number of allylic oxidation sites excluding steroid dienone is 4.